The second-order valence-electron chi connectivity index (χ2n) is 10.8. The van der Waals surface area contributed by atoms with Crippen LogP contribution in [0.2, 0.25) is 0 Å². The number of carbonyl (C=O) groups is 1. The number of sulfonamides is 1. The van der Waals surface area contributed by atoms with Crippen LogP contribution in [0.5, 0.6) is 5.75 Å². The molecular weight excluding hydrogens is 548 g/mol. The molecule has 0 bridgehead atoms. The zero-order valence-electron chi connectivity index (χ0n) is 24.0. The van der Waals surface area contributed by atoms with Crippen molar-refractivity contribution in [2.24, 2.45) is 5.92 Å². The minimum Gasteiger partial charge on any atom is -0.493 e. The highest BCUT2D eigenvalue weighted by Crippen LogP contribution is 2.30. The van der Waals surface area contributed by atoms with Crippen LogP contribution in [0.4, 0.5) is 11.4 Å². The van der Waals surface area contributed by atoms with E-state index in [0.717, 1.165) is 48.3 Å². The van der Waals surface area contributed by atoms with Crippen molar-refractivity contribution in [3.8, 4) is 5.75 Å². The van der Waals surface area contributed by atoms with Gasteiger partial charge >= 0.3 is 0 Å². The first kappa shape index (κ1) is 29.4. The number of nitrogens with one attached hydrogen (secondary N) is 1. The van der Waals surface area contributed by atoms with Crippen LogP contribution in [0.1, 0.15) is 39.0 Å². The first-order valence-corrected chi connectivity index (χ1v) is 15.9. The molecule has 0 aromatic heterocycles. The molecule has 218 valence electrons. The van der Waals surface area contributed by atoms with Gasteiger partial charge in [0.2, 0.25) is 10.0 Å². The Morgan fingerprint density at radius 1 is 0.905 bits per heavy atom. The van der Waals surface area contributed by atoms with E-state index in [1.807, 2.05) is 79.7 Å². The molecule has 7 nitrogen and oxygen atoms in total. The molecule has 42 heavy (non-hydrogen) atoms. The lowest BCUT2D eigenvalue weighted by atomic mass is 10.0. The standard InChI is InChI=1S/C34H36N2O5S/c1-25-32(35-42(2,38)39)12-7-13-33(25)36(21-26-8-4-3-5-9-26)22-27-14-16-29(17-15-27)34(37)30-10-6-11-31(20-30)41-24-28-18-19-40-23-28/h3-17,20,28,35H,18-19,21-24H2,1-2H3. The molecule has 4 aromatic rings. The van der Waals surface area contributed by atoms with E-state index in [1.54, 1.807) is 12.1 Å². The lowest BCUT2D eigenvalue weighted by Gasteiger charge is -2.28. The normalized spacial score (nSPS) is 14.9. The van der Waals surface area contributed by atoms with Crippen LogP contribution < -0.4 is 14.4 Å². The van der Waals surface area contributed by atoms with Crippen LogP contribution in [0, 0.1) is 12.8 Å². The van der Waals surface area contributed by atoms with E-state index < -0.39 is 10.0 Å². The first-order valence-electron chi connectivity index (χ1n) is 14.1. The smallest absolute Gasteiger partial charge is 0.229 e. The van der Waals surface area contributed by atoms with Gasteiger partial charge in [-0.1, -0.05) is 72.8 Å². The third kappa shape index (κ3) is 7.78. The summed E-state index contributed by atoms with van der Waals surface area (Å²) < 4.78 is 37.9. The molecule has 0 saturated carbocycles. The molecular formula is C34H36N2O5S. The number of ketones is 1. The molecule has 1 atom stereocenters. The molecule has 1 N–H and O–H groups in total. The molecule has 1 aliphatic heterocycles. The van der Waals surface area contributed by atoms with Gasteiger partial charge in [0.25, 0.3) is 0 Å². The Morgan fingerprint density at radius 3 is 2.31 bits per heavy atom. The Morgan fingerprint density at radius 2 is 1.62 bits per heavy atom. The van der Waals surface area contributed by atoms with Crippen LogP contribution in [0.25, 0.3) is 0 Å². The van der Waals surface area contributed by atoms with Gasteiger partial charge in [-0.2, -0.15) is 0 Å². The number of benzene rings is 4. The molecule has 1 heterocycles. The highest BCUT2D eigenvalue weighted by atomic mass is 32.2. The van der Waals surface area contributed by atoms with Crippen molar-refractivity contribution in [1.82, 2.24) is 0 Å². The second kappa shape index (κ2) is 13.2. The van der Waals surface area contributed by atoms with Crippen molar-refractivity contribution in [1.29, 1.82) is 0 Å². The van der Waals surface area contributed by atoms with E-state index in [1.165, 1.54) is 0 Å². The van der Waals surface area contributed by atoms with Crippen molar-refractivity contribution < 1.29 is 22.7 Å². The maximum absolute atomic E-state index is 13.3. The lowest BCUT2D eigenvalue weighted by Crippen LogP contribution is -2.23. The minimum atomic E-state index is -3.42. The number of nitrogens with zero attached hydrogens (tertiary/aromatic N) is 1. The van der Waals surface area contributed by atoms with Crippen LogP contribution in [0.3, 0.4) is 0 Å². The second-order valence-corrected chi connectivity index (χ2v) is 12.5. The van der Waals surface area contributed by atoms with E-state index in [9.17, 15) is 13.2 Å². The number of anilines is 2. The zero-order valence-corrected chi connectivity index (χ0v) is 24.8. The van der Waals surface area contributed by atoms with Gasteiger partial charge in [0.1, 0.15) is 5.75 Å². The molecule has 5 rings (SSSR count). The van der Waals surface area contributed by atoms with Crippen molar-refractivity contribution in [3.63, 3.8) is 0 Å². The molecule has 8 heteroatoms. The van der Waals surface area contributed by atoms with E-state index in [0.29, 0.717) is 48.2 Å². The van der Waals surface area contributed by atoms with Crippen LogP contribution >= 0.6 is 0 Å². The maximum atomic E-state index is 13.3. The van der Waals surface area contributed by atoms with Gasteiger partial charge < -0.3 is 14.4 Å². The number of hydrogen-bond donors (Lipinski definition) is 1. The van der Waals surface area contributed by atoms with E-state index >= 15 is 0 Å². The SMILES string of the molecule is Cc1c(NS(C)(=O)=O)cccc1N(Cc1ccccc1)Cc1ccc(C(=O)c2cccc(OCC3CCOC3)c2)cc1. The Balaban J connectivity index is 1.34. The fraction of sp³-hybridized carbons (Fsp3) is 0.265. The van der Waals surface area contributed by atoms with Gasteiger partial charge in [-0.25, -0.2) is 8.42 Å². The van der Waals surface area contributed by atoms with Crippen molar-refractivity contribution >= 4 is 27.2 Å². The number of carbonyl (C=O) groups excluding carboxylic acids is 1. The Kier molecular flexibility index (Phi) is 9.25. The fourth-order valence-corrected chi connectivity index (χ4v) is 5.73. The highest BCUT2D eigenvalue weighted by molar-refractivity contribution is 7.92. The summed E-state index contributed by atoms with van der Waals surface area (Å²) in [6, 6.07) is 30.7. The third-order valence-electron chi connectivity index (χ3n) is 7.35. The summed E-state index contributed by atoms with van der Waals surface area (Å²) in [7, 11) is -3.42. The van der Waals surface area contributed by atoms with E-state index in [2.05, 4.69) is 21.8 Å². The number of rotatable bonds is 12. The predicted molar refractivity (Wildman–Crippen MR) is 167 cm³/mol. The summed E-state index contributed by atoms with van der Waals surface area (Å²) >= 11 is 0. The number of hydrogen-bond acceptors (Lipinski definition) is 6. The summed E-state index contributed by atoms with van der Waals surface area (Å²) in [6.45, 7) is 5.20. The third-order valence-corrected chi connectivity index (χ3v) is 7.94. The van der Waals surface area contributed by atoms with Gasteiger partial charge in [-0.05, 0) is 54.3 Å². The predicted octanol–water partition coefficient (Wildman–Crippen LogP) is 6.22. The zero-order chi connectivity index (χ0) is 29.5. The Labute approximate surface area is 248 Å². The molecule has 0 spiro atoms. The highest BCUT2D eigenvalue weighted by Gasteiger charge is 2.18. The van der Waals surface area contributed by atoms with Crippen LogP contribution in [0.15, 0.2) is 97.1 Å². The molecule has 4 aromatic carbocycles. The maximum Gasteiger partial charge on any atom is 0.229 e. The molecule has 1 saturated heterocycles. The average molecular weight is 585 g/mol. The topological polar surface area (TPSA) is 84.9 Å². The fourth-order valence-electron chi connectivity index (χ4n) is 5.11. The van der Waals surface area contributed by atoms with Crippen molar-refractivity contribution in [3.05, 3.63) is 125 Å². The van der Waals surface area contributed by atoms with Gasteiger partial charge in [-0.15, -0.1) is 0 Å². The molecule has 0 aliphatic carbocycles. The van der Waals surface area contributed by atoms with Crippen LogP contribution in [-0.2, 0) is 27.8 Å². The van der Waals surface area contributed by atoms with Gasteiger partial charge in [0, 0.05) is 42.4 Å². The van der Waals surface area contributed by atoms with E-state index in [4.69, 9.17) is 9.47 Å². The van der Waals surface area contributed by atoms with Gasteiger partial charge in [0.05, 0.1) is 25.2 Å². The summed E-state index contributed by atoms with van der Waals surface area (Å²) in [6.07, 6.45) is 2.15. The summed E-state index contributed by atoms with van der Waals surface area (Å²) in [4.78, 5) is 15.5. The number of ether oxygens (including phenoxy) is 2. The monoisotopic (exact) mass is 584 g/mol. The van der Waals surface area contributed by atoms with Gasteiger partial charge in [0.15, 0.2) is 5.78 Å². The molecule has 1 fully saturated rings. The van der Waals surface area contributed by atoms with Crippen molar-refractivity contribution in [2.75, 3.05) is 35.7 Å². The quantitative estimate of drug-likeness (QED) is 0.199. The molecule has 0 radical (unpaired) electrons. The van der Waals surface area contributed by atoms with Crippen LogP contribution in [-0.4, -0.2) is 40.3 Å². The lowest BCUT2D eigenvalue weighted by molar-refractivity contribution is 0.103. The summed E-state index contributed by atoms with van der Waals surface area (Å²) in [5.74, 6) is 1.01. The molecule has 1 aliphatic rings. The molecule has 1 unspecified atom stereocenters. The average Bonchev–Trinajstić information content (AvgIpc) is 3.51. The summed E-state index contributed by atoms with van der Waals surface area (Å²) in [5.41, 5.74) is 5.66. The first-order chi connectivity index (χ1) is 20.2. The minimum absolute atomic E-state index is 0.0623. The van der Waals surface area contributed by atoms with E-state index in [-0.39, 0.29) is 5.78 Å². The Bertz CT molecular complexity index is 1620. The van der Waals surface area contributed by atoms with Gasteiger partial charge in [-0.3, -0.25) is 9.52 Å². The Hall–Kier alpha value is -4.14. The largest absolute Gasteiger partial charge is 0.493 e. The molecule has 0 amide bonds. The van der Waals surface area contributed by atoms with Crippen molar-refractivity contribution in [2.45, 2.75) is 26.4 Å². The summed E-state index contributed by atoms with van der Waals surface area (Å²) in [5, 5.41) is 0.